The molecular formula is C24H18INO3S. The summed E-state index contributed by atoms with van der Waals surface area (Å²) in [6.07, 6.45) is 0. The van der Waals surface area contributed by atoms with E-state index in [4.69, 9.17) is 9.15 Å². The van der Waals surface area contributed by atoms with Gasteiger partial charge in [0.2, 0.25) is 0 Å². The fourth-order valence-corrected chi connectivity index (χ4v) is 4.00. The summed E-state index contributed by atoms with van der Waals surface area (Å²) in [6, 6.07) is 28.9. The average Bonchev–Trinajstić information content (AvgIpc) is 3.25. The number of furan rings is 1. The Balaban J connectivity index is 1.40. The lowest BCUT2D eigenvalue weighted by molar-refractivity contribution is 0.0992. The molecule has 1 amide bonds. The van der Waals surface area contributed by atoms with Crippen molar-refractivity contribution in [3.63, 3.8) is 0 Å². The van der Waals surface area contributed by atoms with E-state index in [-0.39, 0.29) is 18.3 Å². The summed E-state index contributed by atoms with van der Waals surface area (Å²) in [6.45, 7) is 0.258. The molecule has 0 saturated heterocycles. The molecule has 0 fully saturated rings. The molecule has 1 heterocycles. The summed E-state index contributed by atoms with van der Waals surface area (Å²) in [5.74, 6) is 1.29. The van der Waals surface area contributed by atoms with Crippen molar-refractivity contribution in [3.05, 3.63) is 106 Å². The van der Waals surface area contributed by atoms with Crippen LogP contribution in [0.5, 0.6) is 5.75 Å². The highest BCUT2D eigenvalue weighted by Gasteiger charge is 2.14. The van der Waals surface area contributed by atoms with Crippen molar-refractivity contribution < 1.29 is 13.9 Å². The standard InChI is InChI=1S/C24H18INO3S/c25-17-10-12-18(13-11-17)28-16-19-14-15-22(29-19)24(27)26-21-8-4-5-9-23(21)30-20-6-2-1-3-7-20/h1-15H,16H2,(H,26,27). The van der Waals surface area contributed by atoms with E-state index in [0.29, 0.717) is 5.76 Å². The summed E-state index contributed by atoms with van der Waals surface area (Å²) in [5.41, 5.74) is 0.740. The molecule has 0 unspecified atom stereocenters. The zero-order chi connectivity index (χ0) is 20.8. The maximum absolute atomic E-state index is 12.7. The molecule has 0 aliphatic rings. The molecule has 6 heteroatoms. The molecule has 1 N–H and O–H groups in total. The maximum Gasteiger partial charge on any atom is 0.291 e. The highest BCUT2D eigenvalue weighted by atomic mass is 127. The second kappa shape index (κ2) is 9.86. The number of nitrogens with one attached hydrogen (secondary N) is 1. The van der Waals surface area contributed by atoms with Crippen LogP contribution in [0.4, 0.5) is 5.69 Å². The predicted octanol–water partition coefficient (Wildman–Crippen LogP) is 6.87. The second-order valence-corrected chi connectivity index (χ2v) is 8.73. The summed E-state index contributed by atoms with van der Waals surface area (Å²) >= 11 is 3.84. The lowest BCUT2D eigenvalue weighted by Gasteiger charge is -2.10. The van der Waals surface area contributed by atoms with Crippen molar-refractivity contribution >= 4 is 45.9 Å². The van der Waals surface area contributed by atoms with Crippen LogP contribution in [0.15, 0.2) is 105 Å². The van der Waals surface area contributed by atoms with Gasteiger partial charge in [-0.25, -0.2) is 0 Å². The fraction of sp³-hybridized carbons (Fsp3) is 0.0417. The number of hydrogen-bond donors (Lipinski definition) is 1. The Kier molecular flexibility index (Phi) is 6.76. The van der Waals surface area contributed by atoms with E-state index < -0.39 is 0 Å². The van der Waals surface area contributed by atoms with Crippen LogP contribution in [-0.2, 0) is 6.61 Å². The van der Waals surface area contributed by atoms with Crippen molar-refractivity contribution in [1.29, 1.82) is 0 Å². The minimum atomic E-state index is -0.295. The number of carbonyl (C=O) groups is 1. The number of para-hydroxylation sites is 1. The lowest BCUT2D eigenvalue weighted by Crippen LogP contribution is -2.11. The molecule has 0 atom stereocenters. The number of anilines is 1. The van der Waals surface area contributed by atoms with Crippen LogP contribution in [0, 0.1) is 3.57 Å². The molecule has 4 nitrogen and oxygen atoms in total. The molecule has 3 aromatic carbocycles. The van der Waals surface area contributed by atoms with Crippen LogP contribution < -0.4 is 10.1 Å². The quantitative estimate of drug-likeness (QED) is 0.267. The predicted molar refractivity (Wildman–Crippen MR) is 127 cm³/mol. The van der Waals surface area contributed by atoms with Gasteiger partial charge in [-0.05, 0) is 83.3 Å². The molecule has 0 saturated carbocycles. The van der Waals surface area contributed by atoms with Crippen molar-refractivity contribution in [2.45, 2.75) is 16.4 Å². The van der Waals surface area contributed by atoms with Gasteiger partial charge in [-0.2, -0.15) is 0 Å². The SMILES string of the molecule is O=C(Nc1ccccc1Sc1ccccc1)c1ccc(COc2ccc(I)cc2)o1. The van der Waals surface area contributed by atoms with Gasteiger partial charge in [0, 0.05) is 13.4 Å². The van der Waals surface area contributed by atoms with Gasteiger partial charge in [0.15, 0.2) is 5.76 Å². The first-order valence-corrected chi connectivity index (χ1v) is 11.2. The van der Waals surface area contributed by atoms with Crippen molar-refractivity contribution in [3.8, 4) is 5.75 Å². The summed E-state index contributed by atoms with van der Waals surface area (Å²) in [7, 11) is 0. The second-order valence-electron chi connectivity index (χ2n) is 6.37. The highest BCUT2D eigenvalue weighted by Crippen LogP contribution is 2.33. The molecule has 4 aromatic rings. The first kappa shape index (κ1) is 20.6. The Bertz CT molecular complexity index is 1130. The Morgan fingerprint density at radius 2 is 1.63 bits per heavy atom. The normalized spacial score (nSPS) is 10.6. The third kappa shape index (κ3) is 5.46. The molecule has 0 bridgehead atoms. The molecule has 30 heavy (non-hydrogen) atoms. The minimum Gasteiger partial charge on any atom is -0.486 e. The van der Waals surface area contributed by atoms with Crippen molar-refractivity contribution in [1.82, 2.24) is 0 Å². The van der Waals surface area contributed by atoms with Crippen LogP contribution >= 0.6 is 34.4 Å². The van der Waals surface area contributed by atoms with Crippen LogP contribution in [0.3, 0.4) is 0 Å². The molecule has 4 rings (SSSR count). The highest BCUT2D eigenvalue weighted by molar-refractivity contribution is 14.1. The first-order valence-electron chi connectivity index (χ1n) is 9.28. The number of ether oxygens (including phenoxy) is 1. The zero-order valence-electron chi connectivity index (χ0n) is 15.9. The largest absolute Gasteiger partial charge is 0.486 e. The number of rotatable bonds is 7. The Hall–Kier alpha value is -2.71. The number of hydrogen-bond acceptors (Lipinski definition) is 4. The van der Waals surface area contributed by atoms with Gasteiger partial charge in [-0.15, -0.1) is 0 Å². The Morgan fingerprint density at radius 1 is 0.900 bits per heavy atom. The molecule has 0 aliphatic heterocycles. The third-order valence-corrected chi connectivity index (χ3v) is 5.99. The monoisotopic (exact) mass is 527 g/mol. The van der Waals surface area contributed by atoms with Gasteiger partial charge in [0.05, 0.1) is 5.69 Å². The summed E-state index contributed by atoms with van der Waals surface area (Å²) in [5, 5.41) is 2.95. The van der Waals surface area contributed by atoms with Gasteiger partial charge in [0.1, 0.15) is 18.1 Å². The minimum absolute atomic E-state index is 0.246. The Morgan fingerprint density at radius 3 is 2.43 bits per heavy atom. The molecule has 1 aromatic heterocycles. The van der Waals surface area contributed by atoms with E-state index in [9.17, 15) is 4.79 Å². The van der Waals surface area contributed by atoms with Crippen molar-refractivity contribution in [2.75, 3.05) is 5.32 Å². The zero-order valence-corrected chi connectivity index (χ0v) is 18.9. The molecular weight excluding hydrogens is 509 g/mol. The van der Waals surface area contributed by atoms with Gasteiger partial charge in [0.25, 0.3) is 5.91 Å². The summed E-state index contributed by atoms with van der Waals surface area (Å²) < 4.78 is 12.5. The smallest absolute Gasteiger partial charge is 0.291 e. The van der Waals surface area contributed by atoms with Gasteiger partial charge >= 0.3 is 0 Å². The van der Waals surface area contributed by atoms with E-state index in [1.54, 1.807) is 23.9 Å². The van der Waals surface area contributed by atoms with E-state index >= 15 is 0 Å². The van der Waals surface area contributed by atoms with Crippen LogP contribution in [-0.4, -0.2) is 5.91 Å². The van der Waals surface area contributed by atoms with Gasteiger partial charge in [-0.3, -0.25) is 4.79 Å². The maximum atomic E-state index is 12.7. The van der Waals surface area contributed by atoms with Gasteiger partial charge < -0.3 is 14.5 Å². The number of amides is 1. The van der Waals surface area contributed by atoms with Crippen molar-refractivity contribution in [2.24, 2.45) is 0 Å². The van der Waals surface area contributed by atoms with Crippen LogP contribution in [0.25, 0.3) is 0 Å². The lowest BCUT2D eigenvalue weighted by atomic mass is 10.3. The summed E-state index contributed by atoms with van der Waals surface area (Å²) in [4.78, 5) is 14.8. The molecule has 150 valence electrons. The number of carbonyl (C=O) groups excluding carboxylic acids is 1. The fourth-order valence-electron chi connectivity index (χ4n) is 2.72. The number of halogens is 1. The average molecular weight is 527 g/mol. The van der Waals surface area contributed by atoms with Crippen LogP contribution in [0.1, 0.15) is 16.3 Å². The van der Waals surface area contributed by atoms with E-state index in [1.807, 2.05) is 78.9 Å². The molecule has 0 radical (unpaired) electrons. The topological polar surface area (TPSA) is 51.5 Å². The van der Waals surface area contributed by atoms with E-state index in [2.05, 4.69) is 27.9 Å². The van der Waals surface area contributed by atoms with E-state index in [0.717, 1.165) is 24.8 Å². The first-order chi connectivity index (χ1) is 14.7. The number of benzene rings is 3. The van der Waals surface area contributed by atoms with Crippen LogP contribution in [0.2, 0.25) is 0 Å². The Labute approximate surface area is 192 Å². The van der Waals surface area contributed by atoms with E-state index in [1.165, 1.54) is 0 Å². The third-order valence-electron chi connectivity index (χ3n) is 4.19. The molecule has 0 aliphatic carbocycles. The molecule has 0 spiro atoms. The van der Waals surface area contributed by atoms with Gasteiger partial charge in [-0.1, -0.05) is 42.1 Å².